The van der Waals surface area contributed by atoms with Crippen LogP contribution in [0.2, 0.25) is 0 Å². The summed E-state index contributed by atoms with van der Waals surface area (Å²) in [4.78, 5) is 37.0. The van der Waals surface area contributed by atoms with Crippen molar-refractivity contribution in [2.45, 2.75) is 64.7 Å². The van der Waals surface area contributed by atoms with Crippen molar-refractivity contribution >= 4 is 23.5 Å². The summed E-state index contributed by atoms with van der Waals surface area (Å²) in [5.74, 6) is 1.51. The van der Waals surface area contributed by atoms with Crippen LogP contribution in [0, 0.1) is 23.2 Å². The SMILES string of the molecule is CC[C@@H](C)c1ccc(NC(=O)COC(=O)CNC(=O)C23CC4CC(CC(C4)C2)C3)cc1. The van der Waals surface area contributed by atoms with Gasteiger partial charge in [0.25, 0.3) is 5.91 Å². The van der Waals surface area contributed by atoms with Crippen LogP contribution in [0.5, 0.6) is 0 Å². The second kappa shape index (κ2) is 9.01. The molecule has 1 aromatic carbocycles. The molecule has 31 heavy (non-hydrogen) atoms. The first-order chi connectivity index (χ1) is 14.9. The van der Waals surface area contributed by atoms with Crippen LogP contribution in [-0.4, -0.2) is 30.9 Å². The van der Waals surface area contributed by atoms with Crippen LogP contribution in [-0.2, 0) is 19.1 Å². The lowest BCUT2D eigenvalue weighted by molar-refractivity contribution is -0.152. The van der Waals surface area contributed by atoms with Crippen molar-refractivity contribution in [3.8, 4) is 0 Å². The zero-order valence-corrected chi connectivity index (χ0v) is 18.6. The van der Waals surface area contributed by atoms with E-state index in [0.717, 1.165) is 25.7 Å². The van der Waals surface area contributed by atoms with E-state index in [9.17, 15) is 14.4 Å². The van der Waals surface area contributed by atoms with Gasteiger partial charge in [0.1, 0.15) is 6.54 Å². The number of amides is 2. The highest BCUT2D eigenvalue weighted by Gasteiger charge is 2.54. The molecule has 5 rings (SSSR count). The van der Waals surface area contributed by atoms with Gasteiger partial charge < -0.3 is 15.4 Å². The number of anilines is 1. The second-order valence-corrected chi connectivity index (χ2v) is 10.0. The molecule has 168 valence electrons. The molecule has 6 heteroatoms. The summed E-state index contributed by atoms with van der Waals surface area (Å²) in [5, 5.41) is 5.52. The fourth-order valence-corrected chi connectivity index (χ4v) is 6.25. The van der Waals surface area contributed by atoms with Gasteiger partial charge in [0.05, 0.1) is 0 Å². The number of ether oxygens (including phenoxy) is 1. The van der Waals surface area contributed by atoms with Gasteiger partial charge in [-0.2, -0.15) is 0 Å². The number of hydrogen-bond donors (Lipinski definition) is 2. The summed E-state index contributed by atoms with van der Waals surface area (Å²) in [6, 6.07) is 7.70. The van der Waals surface area contributed by atoms with Crippen molar-refractivity contribution in [1.82, 2.24) is 5.32 Å². The Morgan fingerprint density at radius 1 is 1.03 bits per heavy atom. The number of benzene rings is 1. The molecule has 4 fully saturated rings. The maximum atomic E-state index is 12.9. The topological polar surface area (TPSA) is 84.5 Å². The number of rotatable bonds is 8. The number of carbonyl (C=O) groups excluding carboxylic acids is 3. The average Bonchev–Trinajstić information content (AvgIpc) is 2.75. The predicted octanol–water partition coefficient (Wildman–Crippen LogP) is 4.01. The molecule has 4 saturated carbocycles. The quantitative estimate of drug-likeness (QED) is 0.615. The van der Waals surface area contributed by atoms with Crippen molar-refractivity contribution in [2.75, 3.05) is 18.5 Å². The van der Waals surface area contributed by atoms with Gasteiger partial charge in [-0.05, 0) is 86.3 Å². The molecule has 6 nitrogen and oxygen atoms in total. The van der Waals surface area contributed by atoms with Crippen molar-refractivity contribution in [1.29, 1.82) is 0 Å². The third-order valence-electron chi connectivity index (χ3n) is 7.65. The number of esters is 1. The van der Waals surface area contributed by atoms with Gasteiger partial charge in [-0.3, -0.25) is 14.4 Å². The minimum atomic E-state index is -0.583. The summed E-state index contributed by atoms with van der Waals surface area (Å²) in [5.41, 5.74) is 1.61. The first-order valence-corrected chi connectivity index (χ1v) is 11.7. The maximum absolute atomic E-state index is 12.9. The van der Waals surface area contributed by atoms with E-state index in [4.69, 9.17) is 4.74 Å². The van der Waals surface area contributed by atoms with E-state index in [-0.39, 0.29) is 24.5 Å². The van der Waals surface area contributed by atoms with Gasteiger partial charge in [-0.15, -0.1) is 0 Å². The fraction of sp³-hybridized carbons (Fsp3) is 0.640. The Hall–Kier alpha value is -2.37. The lowest BCUT2D eigenvalue weighted by Gasteiger charge is -2.55. The van der Waals surface area contributed by atoms with Gasteiger partial charge in [-0.1, -0.05) is 26.0 Å². The van der Waals surface area contributed by atoms with Crippen LogP contribution in [0.25, 0.3) is 0 Å². The zero-order valence-electron chi connectivity index (χ0n) is 18.6. The molecule has 0 heterocycles. The van der Waals surface area contributed by atoms with Crippen molar-refractivity contribution in [3.05, 3.63) is 29.8 Å². The van der Waals surface area contributed by atoms with E-state index >= 15 is 0 Å². The van der Waals surface area contributed by atoms with E-state index in [1.165, 1.54) is 24.8 Å². The first kappa shape index (κ1) is 21.8. The summed E-state index contributed by atoms with van der Waals surface area (Å²) in [6.07, 6.45) is 7.73. The molecule has 0 radical (unpaired) electrons. The Morgan fingerprint density at radius 3 is 2.16 bits per heavy atom. The monoisotopic (exact) mass is 426 g/mol. The lowest BCUT2D eigenvalue weighted by Crippen LogP contribution is -2.54. The Kier molecular flexibility index (Phi) is 6.35. The van der Waals surface area contributed by atoms with Gasteiger partial charge in [0.2, 0.25) is 5.91 Å². The molecule has 4 bridgehead atoms. The Labute approximate surface area is 184 Å². The molecule has 0 saturated heterocycles. The number of nitrogens with one attached hydrogen (secondary N) is 2. The van der Waals surface area contributed by atoms with Crippen molar-refractivity contribution < 1.29 is 19.1 Å². The van der Waals surface area contributed by atoms with E-state index in [1.54, 1.807) is 0 Å². The Bertz CT molecular complexity index is 797. The highest BCUT2D eigenvalue weighted by molar-refractivity contribution is 5.93. The molecule has 4 aliphatic carbocycles. The van der Waals surface area contributed by atoms with E-state index in [2.05, 4.69) is 24.5 Å². The molecule has 2 N–H and O–H groups in total. The van der Waals surface area contributed by atoms with E-state index in [1.807, 2.05) is 24.3 Å². The van der Waals surface area contributed by atoms with Gasteiger partial charge >= 0.3 is 5.97 Å². The molecule has 2 amide bonds. The van der Waals surface area contributed by atoms with E-state index < -0.39 is 11.9 Å². The number of carbonyl (C=O) groups is 3. The van der Waals surface area contributed by atoms with Crippen LogP contribution >= 0.6 is 0 Å². The van der Waals surface area contributed by atoms with Crippen LogP contribution in [0.15, 0.2) is 24.3 Å². The van der Waals surface area contributed by atoms with Crippen LogP contribution in [0.1, 0.15) is 70.3 Å². The molecule has 1 aromatic rings. The van der Waals surface area contributed by atoms with Crippen LogP contribution in [0.3, 0.4) is 0 Å². The highest BCUT2D eigenvalue weighted by atomic mass is 16.5. The first-order valence-electron chi connectivity index (χ1n) is 11.7. The summed E-state index contributed by atoms with van der Waals surface area (Å²) >= 11 is 0. The zero-order chi connectivity index (χ0) is 22.0. The summed E-state index contributed by atoms with van der Waals surface area (Å²) in [6.45, 7) is 3.76. The maximum Gasteiger partial charge on any atom is 0.325 e. The Morgan fingerprint density at radius 2 is 1.61 bits per heavy atom. The minimum absolute atomic E-state index is 0.00519. The average molecular weight is 427 g/mol. The molecule has 0 aromatic heterocycles. The molecule has 0 aliphatic heterocycles. The summed E-state index contributed by atoms with van der Waals surface area (Å²) in [7, 11) is 0. The molecular formula is C25H34N2O4. The molecule has 1 atom stereocenters. The standard InChI is InChI=1S/C25H34N2O4/c1-3-16(2)20-4-6-21(7-5-20)27-22(28)15-31-23(29)14-26-24(30)25-11-17-8-18(12-25)10-19(9-17)13-25/h4-7,16-19H,3,8-15H2,1-2H3,(H,26,30)(H,27,28)/t16-,17?,18?,19?,25?/m1/s1. The van der Waals surface area contributed by atoms with Crippen molar-refractivity contribution in [2.24, 2.45) is 23.2 Å². The Balaban J connectivity index is 1.19. The van der Waals surface area contributed by atoms with Gasteiger partial charge in [0, 0.05) is 11.1 Å². The fourth-order valence-electron chi connectivity index (χ4n) is 6.25. The largest absolute Gasteiger partial charge is 0.454 e. The summed E-state index contributed by atoms with van der Waals surface area (Å²) < 4.78 is 5.06. The minimum Gasteiger partial charge on any atom is -0.454 e. The van der Waals surface area contributed by atoms with Crippen LogP contribution < -0.4 is 10.6 Å². The lowest BCUT2D eigenvalue weighted by atomic mass is 9.49. The smallest absolute Gasteiger partial charge is 0.325 e. The van der Waals surface area contributed by atoms with Crippen molar-refractivity contribution in [3.63, 3.8) is 0 Å². The molecule has 4 aliphatic rings. The highest BCUT2D eigenvalue weighted by Crippen LogP contribution is 2.60. The van der Waals surface area contributed by atoms with Crippen LogP contribution in [0.4, 0.5) is 5.69 Å². The molecule has 0 spiro atoms. The third kappa shape index (κ3) is 4.94. The second-order valence-electron chi connectivity index (χ2n) is 10.0. The normalized spacial score (nSPS) is 29.3. The number of hydrogen-bond acceptors (Lipinski definition) is 4. The third-order valence-corrected chi connectivity index (χ3v) is 7.65. The predicted molar refractivity (Wildman–Crippen MR) is 118 cm³/mol. The molecule has 0 unspecified atom stereocenters. The van der Waals surface area contributed by atoms with Gasteiger partial charge in [-0.25, -0.2) is 0 Å². The van der Waals surface area contributed by atoms with E-state index in [0.29, 0.717) is 29.4 Å². The molecular weight excluding hydrogens is 392 g/mol. The van der Waals surface area contributed by atoms with Gasteiger partial charge in [0.15, 0.2) is 6.61 Å².